The number of nitrogen functional groups attached to an aromatic ring is 1. The van der Waals surface area contributed by atoms with Crippen molar-refractivity contribution in [2.45, 2.75) is 12.8 Å². The summed E-state index contributed by atoms with van der Waals surface area (Å²) in [5.41, 5.74) is 7.68. The molecule has 3 N–H and O–H groups in total. The number of nitrogens with zero attached hydrogens (tertiary/aromatic N) is 3. The first-order valence-electron chi connectivity index (χ1n) is 7.92. The van der Waals surface area contributed by atoms with E-state index in [2.05, 4.69) is 27.2 Å². The van der Waals surface area contributed by atoms with Crippen molar-refractivity contribution in [1.82, 2.24) is 14.9 Å². The summed E-state index contributed by atoms with van der Waals surface area (Å²) in [7, 11) is 2.17. The van der Waals surface area contributed by atoms with E-state index in [0.717, 1.165) is 36.6 Å². The molecule has 0 unspecified atom stereocenters. The first kappa shape index (κ1) is 16.0. The molecule has 1 aromatic carbocycles. The van der Waals surface area contributed by atoms with Crippen molar-refractivity contribution in [2.24, 2.45) is 5.92 Å². The van der Waals surface area contributed by atoms with E-state index in [9.17, 15) is 0 Å². The number of hydrogen-bond acceptors (Lipinski definition) is 5. The molecular weight excluding hydrogens is 310 g/mol. The molecular formula is C17H22ClN5. The van der Waals surface area contributed by atoms with Gasteiger partial charge in [-0.15, -0.1) is 0 Å². The zero-order valence-electron chi connectivity index (χ0n) is 13.3. The fourth-order valence-electron chi connectivity index (χ4n) is 2.90. The molecule has 2 aromatic rings. The maximum absolute atomic E-state index is 6.10. The summed E-state index contributed by atoms with van der Waals surface area (Å²) in [4.78, 5) is 10.9. The maximum atomic E-state index is 6.10. The minimum absolute atomic E-state index is 0.279. The van der Waals surface area contributed by atoms with Gasteiger partial charge in [0, 0.05) is 23.3 Å². The van der Waals surface area contributed by atoms with Gasteiger partial charge in [-0.3, -0.25) is 0 Å². The zero-order valence-corrected chi connectivity index (χ0v) is 14.1. The van der Waals surface area contributed by atoms with Crippen molar-refractivity contribution in [2.75, 3.05) is 37.7 Å². The van der Waals surface area contributed by atoms with Gasteiger partial charge in [0.25, 0.3) is 0 Å². The van der Waals surface area contributed by atoms with Gasteiger partial charge in [-0.25, -0.2) is 4.98 Å². The van der Waals surface area contributed by atoms with Crippen LogP contribution in [0.5, 0.6) is 0 Å². The second-order valence-corrected chi connectivity index (χ2v) is 6.56. The number of piperidine rings is 1. The van der Waals surface area contributed by atoms with Crippen LogP contribution in [0.25, 0.3) is 11.1 Å². The highest BCUT2D eigenvalue weighted by Crippen LogP contribution is 2.29. The van der Waals surface area contributed by atoms with Crippen molar-refractivity contribution >= 4 is 23.4 Å². The monoisotopic (exact) mass is 331 g/mol. The SMILES string of the molecule is CN1CCC(CNc2nc(N)ncc2-c2cccc(Cl)c2)CC1. The fraction of sp³-hybridized carbons (Fsp3) is 0.412. The van der Waals surface area contributed by atoms with Gasteiger partial charge in [0.1, 0.15) is 5.82 Å². The normalized spacial score (nSPS) is 16.4. The molecule has 2 heterocycles. The third-order valence-corrected chi connectivity index (χ3v) is 4.57. The maximum Gasteiger partial charge on any atom is 0.221 e. The summed E-state index contributed by atoms with van der Waals surface area (Å²) >= 11 is 6.10. The predicted octanol–water partition coefficient (Wildman–Crippen LogP) is 3.13. The summed E-state index contributed by atoms with van der Waals surface area (Å²) in [6, 6.07) is 7.70. The molecule has 0 amide bonds. The van der Waals surface area contributed by atoms with Crippen molar-refractivity contribution in [3.63, 3.8) is 0 Å². The number of aromatic nitrogens is 2. The summed E-state index contributed by atoms with van der Waals surface area (Å²) in [6.07, 6.45) is 4.16. The van der Waals surface area contributed by atoms with Crippen LogP contribution in [0.3, 0.4) is 0 Å². The Kier molecular flexibility index (Phi) is 4.98. The Morgan fingerprint density at radius 1 is 1.35 bits per heavy atom. The fourth-order valence-corrected chi connectivity index (χ4v) is 3.09. The second kappa shape index (κ2) is 7.15. The van der Waals surface area contributed by atoms with E-state index in [1.165, 1.54) is 12.8 Å². The Balaban J connectivity index is 1.77. The molecule has 0 spiro atoms. The lowest BCUT2D eigenvalue weighted by atomic mass is 9.97. The van der Waals surface area contributed by atoms with Gasteiger partial charge in [-0.2, -0.15) is 4.98 Å². The van der Waals surface area contributed by atoms with Crippen molar-refractivity contribution in [1.29, 1.82) is 0 Å². The largest absolute Gasteiger partial charge is 0.369 e. The molecule has 3 rings (SSSR count). The topological polar surface area (TPSA) is 67.1 Å². The van der Waals surface area contributed by atoms with Gasteiger partial charge >= 0.3 is 0 Å². The van der Waals surface area contributed by atoms with E-state index in [1.807, 2.05) is 24.3 Å². The number of halogens is 1. The van der Waals surface area contributed by atoms with Crippen molar-refractivity contribution < 1.29 is 0 Å². The van der Waals surface area contributed by atoms with Crippen LogP contribution in [0.15, 0.2) is 30.5 Å². The van der Waals surface area contributed by atoms with E-state index in [0.29, 0.717) is 10.9 Å². The number of benzene rings is 1. The molecule has 5 nitrogen and oxygen atoms in total. The minimum atomic E-state index is 0.279. The van der Waals surface area contributed by atoms with Crippen LogP contribution in [-0.4, -0.2) is 41.5 Å². The average molecular weight is 332 g/mol. The van der Waals surface area contributed by atoms with Crippen LogP contribution in [-0.2, 0) is 0 Å². The van der Waals surface area contributed by atoms with Gasteiger partial charge in [-0.05, 0) is 56.6 Å². The van der Waals surface area contributed by atoms with Crippen LogP contribution in [0, 0.1) is 5.92 Å². The quantitative estimate of drug-likeness (QED) is 0.901. The third-order valence-electron chi connectivity index (χ3n) is 4.34. The van der Waals surface area contributed by atoms with E-state index in [-0.39, 0.29) is 5.95 Å². The molecule has 0 radical (unpaired) electrons. The molecule has 0 aliphatic carbocycles. The Bertz CT molecular complexity index is 668. The minimum Gasteiger partial charge on any atom is -0.369 e. The van der Waals surface area contributed by atoms with Crippen LogP contribution in [0.4, 0.5) is 11.8 Å². The average Bonchev–Trinajstić information content (AvgIpc) is 2.54. The van der Waals surface area contributed by atoms with Crippen LogP contribution >= 0.6 is 11.6 Å². The van der Waals surface area contributed by atoms with Gasteiger partial charge in [0.05, 0.1) is 0 Å². The molecule has 1 aliphatic rings. The second-order valence-electron chi connectivity index (χ2n) is 6.13. The summed E-state index contributed by atoms with van der Waals surface area (Å²) in [5, 5.41) is 4.16. The van der Waals surface area contributed by atoms with Crippen LogP contribution < -0.4 is 11.1 Å². The lowest BCUT2D eigenvalue weighted by Gasteiger charge is -2.29. The van der Waals surface area contributed by atoms with Gasteiger partial charge in [0.15, 0.2) is 0 Å². The van der Waals surface area contributed by atoms with E-state index >= 15 is 0 Å². The van der Waals surface area contributed by atoms with Gasteiger partial charge < -0.3 is 16.0 Å². The molecule has 0 bridgehead atoms. The standard InChI is InChI=1S/C17H22ClN5/c1-23-7-5-12(6-8-23)10-20-16-15(11-21-17(19)22-16)13-3-2-4-14(18)9-13/h2-4,9,11-12H,5-8,10H2,1H3,(H3,19,20,21,22). The number of rotatable bonds is 4. The van der Waals surface area contributed by atoms with Gasteiger partial charge in [0.2, 0.25) is 5.95 Å². The first-order valence-corrected chi connectivity index (χ1v) is 8.30. The lowest BCUT2D eigenvalue weighted by molar-refractivity contribution is 0.226. The molecule has 1 aromatic heterocycles. The summed E-state index contributed by atoms with van der Waals surface area (Å²) in [6.45, 7) is 3.21. The summed E-state index contributed by atoms with van der Waals surface area (Å²) < 4.78 is 0. The van der Waals surface area contributed by atoms with E-state index < -0.39 is 0 Å². The Morgan fingerprint density at radius 3 is 2.87 bits per heavy atom. The highest BCUT2D eigenvalue weighted by molar-refractivity contribution is 6.30. The Hall–Kier alpha value is -1.85. The molecule has 6 heteroatoms. The number of nitrogens with one attached hydrogen (secondary N) is 1. The van der Waals surface area contributed by atoms with E-state index in [4.69, 9.17) is 17.3 Å². The van der Waals surface area contributed by atoms with Crippen LogP contribution in [0.1, 0.15) is 12.8 Å². The number of nitrogens with two attached hydrogens (primary N) is 1. The molecule has 0 saturated carbocycles. The number of likely N-dealkylation sites (tertiary alicyclic amines) is 1. The number of hydrogen-bond donors (Lipinski definition) is 2. The molecule has 23 heavy (non-hydrogen) atoms. The zero-order chi connectivity index (χ0) is 16.2. The first-order chi connectivity index (χ1) is 11.1. The predicted molar refractivity (Wildman–Crippen MR) is 95.6 cm³/mol. The molecule has 1 saturated heterocycles. The van der Waals surface area contributed by atoms with E-state index in [1.54, 1.807) is 6.20 Å². The molecule has 1 aliphatic heterocycles. The number of anilines is 2. The van der Waals surface area contributed by atoms with Crippen molar-refractivity contribution in [3.05, 3.63) is 35.5 Å². The molecule has 0 atom stereocenters. The van der Waals surface area contributed by atoms with Crippen molar-refractivity contribution in [3.8, 4) is 11.1 Å². The van der Waals surface area contributed by atoms with Gasteiger partial charge in [-0.1, -0.05) is 23.7 Å². The molecule has 122 valence electrons. The third kappa shape index (κ3) is 4.12. The summed E-state index contributed by atoms with van der Waals surface area (Å²) in [5.74, 6) is 1.72. The smallest absolute Gasteiger partial charge is 0.221 e. The highest BCUT2D eigenvalue weighted by atomic mass is 35.5. The highest BCUT2D eigenvalue weighted by Gasteiger charge is 2.17. The Labute approximate surface area is 141 Å². The lowest BCUT2D eigenvalue weighted by Crippen LogP contribution is -2.33. The molecule has 1 fully saturated rings. The van der Waals surface area contributed by atoms with Crippen LogP contribution in [0.2, 0.25) is 5.02 Å². The Morgan fingerprint density at radius 2 is 2.13 bits per heavy atom.